The molecular weight excluding hydrogens is 1620 g/mol. The van der Waals surface area contributed by atoms with Crippen LogP contribution in [0.15, 0.2) is 180 Å². The zero-order chi connectivity index (χ0) is 88.1. The number of amides is 6. The van der Waals surface area contributed by atoms with Gasteiger partial charge in [0.2, 0.25) is 35.4 Å². The Kier molecular flexibility index (Phi) is 23.2. The number of fused-ring (bicyclic) bond motifs is 3. The van der Waals surface area contributed by atoms with E-state index in [1.54, 1.807) is 50.1 Å². The average Bonchev–Trinajstić information content (AvgIpc) is 1.61. The highest BCUT2D eigenvalue weighted by Gasteiger charge is 2.55. The standard InChI is InChI=1S/C33H38N8O2.C32H33F2N7O2.C32H32N8O2/c1-3-34-31-28-18-27(9-8-26(28)19-35-31)41-17-13-33(32(41)43)12-16-39(21-33)20-29(42)40-14-10-24(11-15-40)23-4-6-25(7-5-23)30-36-22-38(2)37-30;1-38-20-36-30(37-38)23-4-2-21(3-5-23)22-8-12-40(13-9-22)27(42)18-39-14-10-32(19-39)11-15-41(31(32)43)25-7-6-24-17-35-28(29(33)34)26(24)16-25;1-37-21-35-30(36-37)24-4-2-22(3-5-24)23-8-12-39(13-9-23)29(41)19-38-14-10-32(20-38)11-15-40(31(32)42)26-7-6-25-18-34-28(17-33)27(25)16-26/h4-10,18,22H,3,11-17,19-21H2,1-2H3,(H,34,35);2-8,16,20,29H,9-15,17-19H2,1H3;2-8,16,21H,9-15,18-20H2,1H3/t33-;2*32-/m000/s1. The second-order valence-electron chi connectivity index (χ2n) is 35.8. The lowest BCUT2D eigenvalue weighted by atomic mass is 9.85. The molecule has 1 N–H and O–H groups in total. The summed E-state index contributed by atoms with van der Waals surface area (Å²) in [5.74, 6) is 3.71. The third-order valence-electron chi connectivity index (χ3n) is 27.8. The van der Waals surface area contributed by atoms with Crippen molar-refractivity contribution < 1.29 is 37.5 Å². The van der Waals surface area contributed by atoms with Crippen LogP contribution < -0.4 is 20.0 Å². The summed E-state index contributed by atoms with van der Waals surface area (Å²) >= 11 is 0. The Labute approximate surface area is 741 Å². The lowest BCUT2D eigenvalue weighted by Gasteiger charge is -2.29. The molecule has 656 valence electrons. The third-order valence-corrected chi connectivity index (χ3v) is 27.8. The van der Waals surface area contributed by atoms with E-state index in [4.69, 9.17) is 0 Å². The minimum atomic E-state index is -2.64. The van der Waals surface area contributed by atoms with Crippen LogP contribution in [-0.4, -0.2) is 257 Å². The van der Waals surface area contributed by atoms with Crippen molar-refractivity contribution in [3.63, 3.8) is 0 Å². The number of nitrogens with one attached hydrogen (secondary N) is 1. The number of likely N-dealkylation sites (tertiary alicyclic amines) is 3. The molecule has 0 radical (unpaired) electrons. The van der Waals surface area contributed by atoms with Crippen molar-refractivity contribution in [2.24, 2.45) is 52.4 Å². The van der Waals surface area contributed by atoms with Gasteiger partial charge in [0.15, 0.2) is 17.5 Å². The van der Waals surface area contributed by atoms with Gasteiger partial charge in [-0.1, -0.05) is 109 Å². The number of amidine groups is 1. The predicted octanol–water partition coefficient (Wildman–Crippen LogP) is 9.94. The first-order valence-corrected chi connectivity index (χ1v) is 44.5. The van der Waals surface area contributed by atoms with Gasteiger partial charge in [0, 0.05) is 157 Å². The van der Waals surface area contributed by atoms with Crippen molar-refractivity contribution in [2.75, 3.05) is 139 Å². The SMILES string of the molecule is CCNC1=NCc2ccc(N3CC[C@]4(CCN(CC(=O)N5CC=C(c6ccc(-c7ncn(C)n7)cc6)CC5)C4)C3=O)cc21.Cn1cnc(-c2ccc(C3=CCN(C(=O)CN4CC[C@]5(CCN(c6ccc7c(c6)C(C#N)=NC7)C5=O)C4)CC3)cc2)n1.Cn1cnc(-c2ccc(C3=CCN(C(=O)CN4CC[C@]5(CCN(c6ccc7c(c6)C(C(F)F)=NC7)C5=O)C4)CC3)cc2)n1. The van der Waals surface area contributed by atoms with Crippen LogP contribution in [0.25, 0.3) is 50.9 Å². The summed E-state index contributed by atoms with van der Waals surface area (Å²) in [5.41, 5.74) is 16.8. The smallest absolute Gasteiger partial charge is 0.280 e. The van der Waals surface area contributed by atoms with Gasteiger partial charge < -0.3 is 34.7 Å². The minimum absolute atomic E-state index is 0.0197. The Bertz CT molecular complexity index is 6120. The Morgan fingerprint density at radius 2 is 0.766 bits per heavy atom. The van der Waals surface area contributed by atoms with Crippen LogP contribution in [0.4, 0.5) is 25.8 Å². The first kappa shape index (κ1) is 84.3. The van der Waals surface area contributed by atoms with Crippen LogP contribution in [0.2, 0.25) is 0 Å². The molecule has 0 saturated carbocycles. The van der Waals surface area contributed by atoms with Gasteiger partial charge in [-0.2, -0.15) is 20.6 Å². The topological polar surface area (TPSA) is 297 Å². The Hall–Kier alpha value is -13.2. The first-order chi connectivity index (χ1) is 62.1. The number of rotatable bonds is 17. The van der Waals surface area contributed by atoms with E-state index in [2.05, 4.69) is 163 Å². The van der Waals surface area contributed by atoms with E-state index in [-0.39, 0.29) is 54.2 Å². The maximum Gasteiger partial charge on any atom is 0.280 e. The quantitative estimate of drug-likeness (QED) is 0.0886. The molecule has 15 heterocycles. The molecule has 128 heavy (non-hydrogen) atoms. The van der Waals surface area contributed by atoms with Crippen LogP contribution in [0.1, 0.15) is 115 Å². The van der Waals surface area contributed by atoms with Gasteiger partial charge in [-0.05, 0) is 171 Å². The van der Waals surface area contributed by atoms with Crippen LogP contribution in [0.5, 0.6) is 0 Å². The maximum absolute atomic E-state index is 13.8. The largest absolute Gasteiger partial charge is 0.370 e. The molecule has 29 nitrogen and oxygen atoms in total. The van der Waals surface area contributed by atoms with E-state index in [9.17, 15) is 42.8 Å². The number of carbonyl (C=O) groups excluding carboxylic acids is 6. The fourth-order valence-electron chi connectivity index (χ4n) is 20.5. The molecule has 3 spiro atoms. The molecule has 6 aromatic carbocycles. The highest BCUT2D eigenvalue weighted by Crippen LogP contribution is 2.47. The van der Waals surface area contributed by atoms with E-state index in [1.807, 2.05) is 94.2 Å². The van der Waals surface area contributed by atoms with Gasteiger partial charge in [-0.3, -0.25) is 72.5 Å². The monoisotopic (exact) mass is 1720 g/mol. The molecule has 0 aliphatic carbocycles. The molecule has 12 aliphatic rings. The molecular formula is C97H103F2N23O6. The number of nitrogens with zero attached hydrogens (tertiary/aromatic N) is 22. The number of hydrogen-bond donors (Lipinski definition) is 1. The molecule has 3 atom stereocenters. The number of carbonyl (C=O) groups is 6. The molecule has 6 saturated heterocycles. The summed E-state index contributed by atoms with van der Waals surface area (Å²) in [6, 6.07) is 44.4. The van der Waals surface area contributed by atoms with Gasteiger partial charge in [-0.15, -0.1) is 0 Å². The van der Waals surface area contributed by atoms with Gasteiger partial charge in [-0.25, -0.2) is 23.7 Å². The lowest BCUT2D eigenvalue weighted by Crippen LogP contribution is -2.43. The summed E-state index contributed by atoms with van der Waals surface area (Å²) in [5, 5.41) is 25.8. The highest BCUT2D eigenvalue weighted by atomic mass is 19.3. The zero-order valence-corrected chi connectivity index (χ0v) is 72.6. The highest BCUT2D eigenvalue weighted by molar-refractivity contribution is 6.15. The van der Waals surface area contributed by atoms with E-state index in [0.29, 0.717) is 153 Å². The number of anilines is 3. The Balaban J connectivity index is 0.000000125. The van der Waals surface area contributed by atoms with Crippen molar-refractivity contribution in [1.82, 2.24) is 79.0 Å². The number of halogens is 2. The minimum Gasteiger partial charge on any atom is -0.370 e. The number of aliphatic imine (C=N–C) groups is 3. The van der Waals surface area contributed by atoms with Gasteiger partial charge in [0.25, 0.3) is 6.43 Å². The summed E-state index contributed by atoms with van der Waals surface area (Å²) < 4.78 is 31.9. The first-order valence-electron chi connectivity index (χ1n) is 44.5. The molecule has 0 unspecified atom stereocenters. The fraction of sp³-hybridized carbons (Fsp3) is 0.402. The fourth-order valence-corrected chi connectivity index (χ4v) is 20.5. The van der Waals surface area contributed by atoms with Crippen molar-refractivity contribution in [1.29, 1.82) is 5.26 Å². The molecule has 31 heteroatoms. The van der Waals surface area contributed by atoms with Crippen molar-refractivity contribution in [2.45, 2.75) is 90.8 Å². The summed E-state index contributed by atoms with van der Waals surface area (Å²) in [6.45, 7) is 15.0. The average molecular weight is 1730 g/mol. The van der Waals surface area contributed by atoms with Crippen LogP contribution >= 0.6 is 0 Å². The van der Waals surface area contributed by atoms with Crippen molar-refractivity contribution in [3.05, 3.63) is 215 Å². The Morgan fingerprint density at radius 1 is 0.430 bits per heavy atom. The normalized spacial score (nSPS) is 22.0. The number of aromatic nitrogens is 9. The van der Waals surface area contributed by atoms with Crippen molar-refractivity contribution in [3.8, 4) is 40.2 Å². The number of hydrogen-bond acceptors (Lipinski definition) is 20. The molecule has 12 aliphatic heterocycles. The van der Waals surface area contributed by atoms with E-state index < -0.39 is 22.7 Å². The molecule has 6 amide bonds. The maximum atomic E-state index is 13.8. The zero-order valence-electron chi connectivity index (χ0n) is 72.6. The van der Waals surface area contributed by atoms with Crippen molar-refractivity contribution >= 4 is 86.5 Å². The van der Waals surface area contributed by atoms with Gasteiger partial charge in [0.05, 0.1) is 55.5 Å². The number of aryl methyl sites for hydroxylation is 3. The predicted molar refractivity (Wildman–Crippen MR) is 484 cm³/mol. The number of alkyl halides is 2. The molecule has 9 aromatic rings. The second kappa shape index (κ2) is 35.2. The summed E-state index contributed by atoms with van der Waals surface area (Å²) in [4.78, 5) is 124. The third kappa shape index (κ3) is 16.8. The van der Waals surface area contributed by atoms with E-state index >= 15 is 0 Å². The van der Waals surface area contributed by atoms with Crippen LogP contribution in [0.3, 0.4) is 0 Å². The van der Waals surface area contributed by atoms with Gasteiger partial charge >= 0.3 is 0 Å². The summed E-state index contributed by atoms with van der Waals surface area (Å²) in [7, 11) is 5.56. The molecule has 0 bridgehead atoms. The molecule has 21 rings (SSSR count). The van der Waals surface area contributed by atoms with Gasteiger partial charge in [0.1, 0.15) is 42.3 Å². The van der Waals surface area contributed by atoms with Crippen LogP contribution in [0, 0.1) is 27.6 Å². The van der Waals surface area contributed by atoms with E-state index in [1.165, 1.54) is 27.8 Å². The number of benzene rings is 6. The Morgan fingerprint density at radius 3 is 1.11 bits per heavy atom. The molecule has 6 fully saturated rings. The second-order valence-corrected chi connectivity index (χ2v) is 35.8. The van der Waals surface area contributed by atoms with Crippen LogP contribution in [-0.2, 0) is 69.5 Å². The van der Waals surface area contributed by atoms with E-state index in [0.717, 1.165) is 138 Å². The summed E-state index contributed by atoms with van der Waals surface area (Å²) in [6.07, 6.45) is 15.8. The lowest BCUT2D eigenvalue weighted by molar-refractivity contribution is -0.133. The molecule has 3 aromatic heterocycles. The number of nitriles is 1.